The highest BCUT2D eigenvalue weighted by atomic mass is 16.7. The first-order valence-corrected chi connectivity index (χ1v) is 9.34. The third kappa shape index (κ3) is 2.71. The number of hydrogen-bond acceptors (Lipinski definition) is 4. The van der Waals surface area contributed by atoms with E-state index < -0.39 is 11.9 Å². The zero-order valence-electron chi connectivity index (χ0n) is 15.1. The molecule has 2 aliphatic carbocycles. The Hall–Kier alpha value is -1.36. The van der Waals surface area contributed by atoms with Gasteiger partial charge in [0.25, 0.3) is 0 Å². The van der Waals surface area contributed by atoms with Crippen LogP contribution in [0.3, 0.4) is 0 Å². The Morgan fingerprint density at radius 3 is 2.88 bits per heavy atom. The lowest BCUT2D eigenvalue weighted by atomic mass is 9.64. The predicted octanol–water partition coefficient (Wildman–Crippen LogP) is 3.85. The highest BCUT2D eigenvalue weighted by Gasteiger charge is 2.62. The fourth-order valence-corrected chi connectivity index (χ4v) is 5.26. The van der Waals surface area contributed by atoms with Gasteiger partial charge in [-0.2, -0.15) is 0 Å². The van der Waals surface area contributed by atoms with Gasteiger partial charge in [-0.15, -0.1) is 0 Å². The van der Waals surface area contributed by atoms with Gasteiger partial charge in [0.2, 0.25) is 0 Å². The zero-order chi connectivity index (χ0) is 17.5. The minimum atomic E-state index is -0.492. The first-order valence-electron chi connectivity index (χ1n) is 9.34. The molecule has 1 aliphatic heterocycles. The highest BCUT2D eigenvalue weighted by molar-refractivity contribution is 5.30. The van der Waals surface area contributed by atoms with Crippen LogP contribution in [0.2, 0.25) is 0 Å². The van der Waals surface area contributed by atoms with Crippen LogP contribution < -0.4 is 4.74 Å². The molecule has 25 heavy (non-hydrogen) atoms. The normalized spacial score (nSPS) is 34.2. The van der Waals surface area contributed by atoms with Gasteiger partial charge < -0.3 is 19.3 Å². The third-order valence-corrected chi connectivity index (χ3v) is 6.64. The van der Waals surface area contributed by atoms with Gasteiger partial charge in [-0.3, -0.25) is 0 Å². The summed E-state index contributed by atoms with van der Waals surface area (Å²) in [5, 5.41) is 10.8. The van der Waals surface area contributed by atoms with Crippen LogP contribution in [0, 0.1) is 17.3 Å². The molecule has 0 radical (unpaired) electrons. The Labute approximate surface area is 149 Å². The first-order chi connectivity index (χ1) is 12.1. The van der Waals surface area contributed by atoms with Crippen LogP contribution in [-0.4, -0.2) is 31.2 Å². The number of rotatable bonds is 4. The molecular weight excluding hydrogens is 316 g/mol. The number of allylic oxidation sites excluding steroid dienone is 2. The average molecular weight is 344 g/mol. The van der Waals surface area contributed by atoms with Crippen LogP contribution in [0.4, 0.5) is 0 Å². The quantitative estimate of drug-likeness (QED) is 0.843. The lowest BCUT2D eigenvalue weighted by Gasteiger charge is -2.46. The second-order valence-corrected chi connectivity index (χ2v) is 7.84. The van der Waals surface area contributed by atoms with Crippen LogP contribution in [0.25, 0.3) is 0 Å². The summed E-state index contributed by atoms with van der Waals surface area (Å²) in [6.45, 7) is 3.71. The van der Waals surface area contributed by atoms with Gasteiger partial charge in [-0.1, -0.05) is 31.2 Å². The van der Waals surface area contributed by atoms with E-state index in [1.54, 1.807) is 7.11 Å². The highest BCUT2D eigenvalue weighted by Crippen LogP contribution is 2.61. The molecule has 2 fully saturated rings. The number of fused-ring (bicyclic) bond motifs is 2. The monoisotopic (exact) mass is 344 g/mol. The molecule has 1 saturated carbocycles. The van der Waals surface area contributed by atoms with Crippen molar-refractivity contribution in [2.45, 2.75) is 44.5 Å². The van der Waals surface area contributed by atoms with Gasteiger partial charge >= 0.3 is 0 Å². The Morgan fingerprint density at radius 1 is 1.32 bits per heavy atom. The lowest BCUT2D eigenvalue weighted by molar-refractivity contribution is -0.227. The van der Waals surface area contributed by atoms with E-state index in [1.165, 1.54) is 0 Å². The van der Waals surface area contributed by atoms with E-state index in [-0.39, 0.29) is 5.41 Å². The molecule has 0 aromatic heterocycles. The summed E-state index contributed by atoms with van der Waals surface area (Å²) in [4.78, 5) is 0. The molecule has 136 valence electrons. The second kappa shape index (κ2) is 6.42. The number of ether oxygens (including phenoxy) is 3. The SMILES string of the molecule is COc1cccc(C(O)C[C@@H]2C=CC[C@@]3(C)[C@H]2CCC32OCCO2)c1. The molecule has 1 spiro atoms. The van der Waals surface area contributed by atoms with Crippen LogP contribution in [0.15, 0.2) is 36.4 Å². The average Bonchev–Trinajstić information content (AvgIpc) is 3.22. The molecule has 0 bridgehead atoms. The van der Waals surface area contributed by atoms with Crippen molar-refractivity contribution in [3.63, 3.8) is 0 Å². The Kier molecular flexibility index (Phi) is 4.38. The predicted molar refractivity (Wildman–Crippen MR) is 95.3 cm³/mol. The van der Waals surface area contributed by atoms with Crippen molar-refractivity contribution in [3.8, 4) is 5.75 Å². The molecule has 1 saturated heterocycles. The summed E-state index contributed by atoms with van der Waals surface area (Å²) < 4.78 is 17.5. The van der Waals surface area contributed by atoms with E-state index in [0.29, 0.717) is 25.0 Å². The molecule has 4 heteroatoms. The summed E-state index contributed by atoms with van der Waals surface area (Å²) >= 11 is 0. The molecular formula is C21H28O4. The zero-order valence-corrected chi connectivity index (χ0v) is 15.1. The summed E-state index contributed by atoms with van der Waals surface area (Å²) in [6.07, 6.45) is 7.83. The fourth-order valence-electron chi connectivity index (χ4n) is 5.26. The summed E-state index contributed by atoms with van der Waals surface area (Å²) in [5.41, 5.74) is 0.915. The molecule has 1 unspecified atom stereocenters. The van der Waals surface area contributed by atoms with Gasteiger partial charge in [-0.05, 0) is 48.8 Å². The number of aliphatic hydroxyl groups is 1. The first kappa shape index (κ1) is 17.1. The topological polar surface area (TPSA) is 47.9 Å². The summed E-state index contributed by atoms with van der Waals surface area (Å²) in [6, 6.07) is 7.74. The number of benzene rings is 1. The number of aliphatic hydroxyl groups excluding tert-OH is 1. The van der Waals surface area contributed by atoms with Gasteiger partial charge in [0.1, 0.15) is 5.75 Å². The second-order valence-electron chi connectivity index (χ2n) is 7.84. The van der Waals surface area contributed by atoms with Gasteiger partial charge in [-0.25, -0.2) is 0 Å². The Bertz CT molecular complexity index is 649. The number of methoxy groups -OCH3 is 1. The number of hydrogen-bond donors (Lipinski definition) is 1. The molecule has 4 nitrogen and oxygen atoms in total. The minimum Gasteiger partial charge on any atom is -0.497 e. The molecule has 1 aromatic carbocycles. The molecule has 1 aromatic rings. The van der Waals surface area contributed by atoms with Crippen LogP contribution >= 0.6 is 0 Å². The van der Waals surface area contributed by atoms with Crippen molar-refractivity contribution in [3.05, 3.63) is 42.0 Å². The van der Waals surface area contributed by atoms with Crippen LogP contribution in [0.5, 0.6) is 5.75 Å². The van der Waals surface area contributed by atoms with E-state index >= 15 is 0 Å². The van der Waals surface area contributed by atoms with Gasteiger partial charge in [0, 0.05) is 11.8 Å². The lowest BCUT2D eigenvalue weighted by Crippen LogP contribution is -2.48. The molecule has 4 atom stereocenters. The van der Waals surface area contributed by atoms with Crippen LogP contribution in [-0.2, 0) is 9.47 Å². The van der Waals surface area contributed by atoms with Crippen LogP contribution in [0.1, 0.15) is 44.3 Å². The van der Waals surface area contributed by atoms with Crippen molar-refractivity contribution >= 4 is 0 Å². The maximum Gasteiger partial charge on any atom is 0.174 e. The van der Waals surface area contributed by atoms with E-state index in [4.69, 9.17) is 14.2 Å². The van der Waals surface area contributed by atoms with Crippen molar-refractivity contribution in [1.82, 2.24) is 0 Å². The molecule has 4 rings (SSSR count). The van der Waals surface area contributed by atoms with Crippen molar-refractivity contribution in [2.75, 3.05) is 20.3 Å². The largest absolute Gasteiger partial charge is 0.497 e. The molecule has 1 heterocycles. The Balaban J connectivity index is 1.53. The standard InChI is InChI=1S/C21H28O4/c1-20-9-4-6-15(18(20)8-10-21(20)24-11-12-25-21)14-19(22)16-5-3-7-17(13-16)23-2/h3-7,13,15,18-19,22H,8-12,14H2,1-2H3/t15-,18-,19?,20-/m0/s1. The van der Waals surface area contributed by atoms with Crippen molar-refractivity contribution in [1.29, 1.82) is 0 Å². The van der Waals surface area contributed by atoms with E-state index in [1.807, 2.05) is 24.3 Å². The van der Waals surface area contributed by atoms with Gasteiger partial charge in [0.05, 0.1) is 26.4 Å². The molecule has 1 N–H and O–H groups in total. The van der Waals surface area contributed by atoms with E-state index in [2.05, 4.69) is 19.1 Å². The maximum absolute atomic E-state index is 10.8. The Morgan fingerprint density at radius 2 is 2.12 bits per heavy atom. The van der Waals surface area contributed by atoms with Gasteiger partial charge in [0.15, 0.2) is 5.79 Å². The maximum atomic E-state index is 10.8. The van der Waals surface area contributed by atoms with E-state index in [0.717, 1.165) is 37.0 Å². The van der Waals surface area contributed by atoms with Crippen molar-refractivity contribution in [2.24, 2.45) is 17.3 Å². The molecule has 3 aliphatic rings. The minimum absolute atomic E-state index is 0.00296. The third-order valence-electron chi connectivity index (χ3n) is 6.64. The summed E-state index contributed by atoms with van der Waals surface area (Å²) in [7, 11) is 1.65. The van der Waals surface area contributed by atoms with E-state index in [9.17, 15) is 5.11 Å². The fraction of sp³-hybridized carbons (Fsp3) is 0.619. The smallest absolute Gasteiger partial charge is 0.174 e. The molecule has 0 amide bonds. The summed E-state index contributed by atoms with van der Waals surface area (Å²) in [5.74, 6) is 1.19. The van der Waals surface area contributed by atoms with Crippen molar-refractivity contribution < 1.29 is 19.3 Å².